The van der Waals surface area contributed by atoms with Gasteiger partial charge in [-0.05, 0) is 37.1 Å². The third kappa shape index (κ3) is 1.68. The van der Waals surface area contributed by atoms with Crippen molar-refractivity contribution < 1.29 is 5.11 Å². The van der Waals surface area contributed by atoms with Crippen LogP contribution in [0.5, 0.6) is 5.75 Å². The number of phenolic OH excluding ortho intramolecular Hbond substituents is 1. The van der Waals surface area contributed by atoms with E-state index in [1.807, 2.05) is 12.1 Å². The van der Waals surface area contributed by atoms with E-state index < -0.39 is 0 Å². The highest BCUT2D eigenvalue weighted by atomic mass is 16.3. The number of rotatable bonds is 2. The van der Waals surface area contributed by atoms with Crippen LogP contribution in [0.2, 0.25) is 0 Å². The highest BCUT2D eigenvalue weighted by Crippen LogP contribution is 2.26. The van der Waals surface area contributed by atoms with Crippen molar-refractivity contribution in [3.05, 3.63) is 24.3 Å². The lowest BCUT2D eigenvalue weighted by Crippen LogP contribution is -2.35. The summed E-state index contributed by atoms with van der Waals surface area (Å²) in [5.41, 5.74) is 6.86. The van der Waals surface area contributed by atoms with E-state index in [2.05, 4.69) is 4.90 Å². The van der Waals surface area contributed by atoms with Crippen molar-refractivity contribution in [3.8, 4) is 5.75 Å². The molecule has 3 nitrogen and oxygen atoms in total. The number of hydrogen-bond acceptors (Lipinski definition) is 3. The summed E-state index contributed by atoms with van der Waals surface area (Å²) in [5, 5.41) is 9.18. The van der Waals surface area contributed by atoms with Gasteiger partial charge in [-0.2, -0.15) is 0 Å². The average Bonchev–Trinajstić information content (AvgIpc) is 2.67. The van der Waals surface area contributed by atoms with Crippen LogP contribution in [0.3, 0.4) is 0 Å². The molecule has 0 unspecified atom stereocenters. The molecule has 3 heteroatoms. The Morgan fingerprint density at radius 1 is 1.36 bits per heavy atom. The number of phenols is 1. The molecule has 1 aliphatic heterocycles. The van der Waals surface area contributed by atoms with Crippen molar-refractivity contribution in [2.45, 2.75) is 18.9 Å². The number of aromatic hydroxyl groups is 1. The number of benzene rings is 1. The molecule has 14 heavy (non-hydrogen) atoms. The molecule has 1 aromatic rings. The minimum absolute atomic E-state index is 0.317. The fourth-order valence-electron chi connectivity index (χ4n) is 2.06. The first-order valence-corrected chi connectivity index (χ1v) is 5.07. The van der Waals surface area contributed by atoms with Crippen LogP contribution < -0.4 is 10.6 Å². The van der Waals surface area contributed by atoms with Crippen molar-refractivity contribution in [1.29, 1.82) is 0 Å². The first-order chi connectivity index (χ1) is 6.81. The SMILES string of the molecule is NC[C@@H]1CCCN1c1ccc(O)cc1. The first-order valence-electron chi connectivity index (χ1n) is 5.07. The van der Waals surface area contributed by atoms with Crippen molar-refractivity contribution in [1.82, 2.24) is 0 Å². The Bertz CT molecular complexity index is 297. The van der Waals surface area contributed by atoms with Crippen LogP contribution in [0, 0.1) is 0 Å². The lowest BCUT2D eigenvalue weighted by Gasteiger charge is -2.25. The minimum atomic E-state index is 0.317. The number of anilines is 1. The van der Waals surface area contributed by atoms with E-state index in [1.54, 1.807) is 12.1 Å². The van der Waals surface area contributed by atoms with Crippen LogP contribution in [0.25, 0.3) is 0 Å². The normalized spacial score (nSPS) is 21.5. The van der Waals surface area contributed by atoms with Crippen LogP contribution in [-0.4, -0.2) is 24.2 Å². The standard InChI is InChI=1S/C11H16N2O/c12-8-10-2-1-7-13(10)9-3-5-11(14)6-4-9/h3-6,10,14H,1-2,7-8,12H2/t10-/m0/s1. The summed E-state index contributed by atoms with van der Waals surface area (Å²) in [5.74, 6) is 0.317. The van der Waals surface area contributed by atoms with E-state index in [0.29, 0.717) is 18.3 Å². The summed E-state index contributed by atoms with van der Waals surface area (Å²) in [6, 6.07) is 7.81. The zero-order valence-electron chi connectivity index (χ0n) is 8.19. The molecule has 0 spiro atoms. The van der Waals surface area contributed by atoms with Crippen LogP contribution >= 0.6 is 0 Å². The smallest absolute Gasteiger partial charge is 0.115 e. The van der Waals surface area contributed by atoms with Gasteiger partial charge in [-0.3, -0.25) is 0 Å². The summed E-state index contributed by atoms with van der Waals surface area (Å²) in [6.45, 7) is 1.79. The van der Waals surface area contributed by atoms with E-state index in [-0.39, 0.29) is 0 Å². The Kier molecular flexibility index (Phi) is 2.59. The molecular formula is C11H16N2O. The van der Waals surface area contributed by atoms with Gasteiger partial charge in [0.15, 0.2) is 0 Å². The van der Waals surface area contributed by atoms with Crippen molar-refractivity contribution in [2.75, 3.05) is 18.0 Å². The summed E-state index contributed by atoms with van der Waals surface area (Å²) in [4.78, 5) is 2.32. The molecule has 3 N–H and O–H groups in total. The Balaban J connectivity index is 2.17. The largest absolute Gasteiger partial charge is 0.508 e. The van der Waals surface area contributed by atoms with Gasteiger partial charge < -0.3 is 15.7 Å². The number of nitrogens with two attached hydrogens (primary N) is 1. The lowest BCUT2D eigenvalue weighted by molar-refractivity contribution is 0.475. The third-order valence-electron chi connectivity index (χ3n) is 2.83. The monoisotopic (exact) mass is 192 g/mol. The molecule has 1 atom stereocenters. The van der Waals surface area contributed by atoms with E-state index in [0.717, 1.165) is 12.2 Å². The molecule has 0 aliphatic carbocycles. The number of nitrogens with zero attached hydrogens (tertiary/aromatic N) is 1. The molecule has 76 valence electrons. The van der Waals surface area contributed by atoms with Gasteiger partial charge in [0.25, 0.3) is 0 Å². The van der Waals surface area contributed by atoms with E-state index in [9.17, 15) is 5.11 Å². The predicted molar refractivity (Wildman–Crippen MR) is 57.5 cm³/mol. The van der Waals surface area contributed by atoms with Crippen LogP contribution in [0.15, 0.2) is 24.3 Å². The minimum Gasteiger partial charge on any atom is -0.508 e. The maximum atomic E-state index is 9.18. The molecule has 0 amide bonds. The van der Waals surface area contributed by atoms with Crippen LogP contribution in [0.4, 0.5) is 5.69 Å². The topological polar surface area (TPSA) is 49.5 Å². The van der Waals surface area contributed by atoms with Gasteiger partial charge in [0.05, 0.1) is 0 Å². The Morgan fingerprint density at radius 2 is 2.07 bits per heavy atom. The lowest BCUT2D eigenvalue weighted by atomic mass is 10.2. The van der Waals surface area contributed by atoms with Gasteiger partial charge in [0.1, 0.15) is 5.75 Å². The molecule has 1 fully saturated rings. The second-order valence-electron chi connectivity index (χ2n) is 3.74. The molecule has 1 aliphatic rings. The second-order valence-corrected chi connectivity index (χ2v) is 3.74. The zero-order valence-corrected chi connectivity index (χ0v) is 8.19. The molecule has 0 aromatic heterocycles. The van der Waals surface area contributed by atoms with Gasteiger partial charge in [0.2, 0.25) is 0 Å². The predicted octanol–water partition coefficient (Wildman–Crippen LogP) is 1.32. The first kappa shape index (κ1) is 9.34. The Labute approximate surface area is 84.1 Å². The van der Waals surface area contributed by atoms with Crippen molar-refractivity contribution >= 4 is 5.69 Å². The van der Waals surface area contributed by atoms with Crippen LogP contribution in [-0.2, 0) is 0 Å². The summed E-state index contributed by atoms with van der Waals surface area (Å²) in [7, 11) is 0. The Morgan fingerprint density at radius 3 is 2.71 bits per heavy atom. The fraction of sp³-hybridized carbons (Fsp3) is 0.455. The third-order valence-corrected chi connectivity index (χ3v) is 2.83. The van der Waals surface area contributed by atoms with E-state index >= 15 is 0 Å². The highest BCUT2D eigenvalue weighted by Gasteiger charge is 2.22. The fourth-order valence-corrected chi connectivity index (χ4v) is 2.06. The Hall–Kier alpha value is -1.22. The molecule has 1 saturated heterocycles. The van der Waals surface area contributed by atoms with E-state index in [4.69, 9.17) is 5.73 Å². The molecule has 0 saturated carbocycles. The summed E-state index contributed by atoms with van der Waals surface area (Å²) < 4.78 is 0. The van der Waals surface area contributed by atoms with Gasteiger partial charge in [-0.1, -0.05) is 0 Å². The van der Waals surface area contributed by atoms with Crippen molar-refractivity contribution in [3.63, 3.8) is 0 Å². The van der Waals surface area contributed by atoms with Gasteiger partial charge in [-0.15, -0.1) is 0 Å². The molecule has 1 heterocycles. The molecule has 0 radical (unpaired) electrons. The average molecular weight is 192 g/mol. The van der Waals surface area contributed by atoms with Gasteiger partial charge >= 0.3 is 0 Å². The quantitative estimate of drug-likeness (QED) is 0.743. The second kappa shape index (κ2) is 3.88. The molecule has 1 aromatic carbocycles. The zero-order chi connectivity index (χ0) is 9.97. The maximum Gasteiger partial charge on any atom is 0.115 e. The summed E-state index contributed by atoms with van der Waals surface area (Å²) >= 11 is 0. The van der Waals surface area contributed by atoms with Gasteiger partial charge in [-0.25, -0.2) is 0 Å². The van der Waals surface area contributed by atoms with E-state index in [1.165, 1.54) is 12.8 Å². The maximum absolute atomic E-state index is 9.18. The highest BCUT2D eigenvalue weighted by molar-refractivity contribution is 5.50. The molecular weight excluding hydrogens is 176 g/mol. The van der Waals surface area contributed by atoms with Crippen LogP contribution in [0.1, 0.15) is 12.8 Å². The summed E-state index contributed by atoms with van der Waals surface area (Å²) in [6.07, 6.45) is 2.39. The number of hydrogen-bond donors (Lipinski definition) is 2. The van der Waals surface area contributed by atoms with Crippen molar-refractivity contribution in [2.24, 2.45) is 5.73 Å². The van der Waals surface area contributed by atoms with Gasteiger partial charge in [0, 0.05) is 24.8 Å². The molecule has 2 rings (SSSR count). The molecule has 0 bridgehead atoms.